The van der Waals surface area contributed by atoms with Gasteiger partial charge in [0.1, 0.15) is 11.5 Å². The number of carbonyl (C=O) groups excluding carboxylic acids is 1. The highest BCUT2D eigenvalue weighted by Gasteiger charge is 2.09. The van der Waals surface area contributed by atoms with Gasteiger partial charge in [0.15, 0.2) is 0 Å². The molecule has 0 aliphatic carbocycles. The molecule has 2 aromatic heterocycles. The summed E-state index contributed by atoms with van der Waals surface area (Å²) in [5, 5.41) is 3.11. The number of pyridine rings is 1. The molecule has 16 heavy (non-hydrogen) atoms. The summed E-state index contributed by atoms with van der Waals surface area (Å²) in [5.74, 6) is 0.354. The minimum Gasteiger partial charge on any atom is -0.295 e. The quantitative estimate of drug-likeness (QED) is 0.923. The molecule has 0 saturated heterocycles. The molecule has 0 bridgehead atoms. The van der Waals surface area contributed by atoms with Crippen LogP contribution in [0.2, 0.25) is 0 Å². The molecule has 7 heteroatoms. The van der Waals surface area contributed by atoms with Gasteiger partial charge in [-0.3, -0.25) is 10.1 Å². The van der Waals surface area contributed by atoms with Gasteiger partial charge in [-0.15, -0.1) is 0 Å². The molecule has 0 aliphatic rings. The molecular formula is C9H7BrN4OS. The van der Waals surface area contributed by atoms with E-state index in [9.17, 15) is 4.79 Å². The topological polar surface area (TPSA) is 67.8 Å². The Bertz CT molecular complexity index is 510. The molecule has 0 aliphatic heterocycles. The fraction of sp³-hybridized carbons (Fsp3) is 0.111. The Kier molecular flexibility index (Phi) is 3.25. The van der Waals surface area contributed by atoms with E-state index < -0.39 is 0 Å². The maximum Gasteiger partial charge on any atom is 0.276 e. The molecule has 0 fully saturated rings. The lowest BCUT2D eigenvalue weighted by molar-refractivity contribution is 0.102. The first-order valence-electron chi connectivity index (χ1n) is 4.38. The van der Waals surface area contributed by atoms with E-state index in [1.165, 1.54) is 0 Å². The minimum absolute atomic E-state index is 0.288. The molecule has 82 valence electrons. The van der Waals surface area contributed by atoms with Gasteiger partial charge in [-0.25, -0.2) is 9.97 Å². The van der Waals surface area contributed by atoms with Gasteiger partial charge in [-0.05, 0) is 35.0 Å². The van der Waals surface area contributed by atoms with E-state index in [4.69, 9.17) is 0 Å². The first kappa shape index (κ1) is 11.2. The van der Waals surface area contributed by atoms with Crippen molar-refractivity contribution >= 4 is 38.5 Å². The van der Waals surface area contributed by atoms with Crippen LogP contribution < -0.4 is 5.32 Å². The van der Waals surface area contributed by atoms with Gasteiger partial charge in [-0.2, -0.15) is 4.37 Å². The molecule has 0 saturated carbocycles. The number of nitrogens with one attached hydrogen (secondary N) is 1. The van der Waals surface area contributed by atoms with Crippen LogP contribution >= 0.6 is 27.5 Å². The zero-order valence-corrected chi connectivity index (χ0v) is 10.7. The van der Waals surface area contributed by atoms with Crippen LogP contribution in [0.4, 0.5) is 5.13 Å². The molecule has 0 atom stereocenters. The molecule has 2 rings (SSSR count). The van der Waals surface area contributed by atoms with E-state index in [0.29, 0.717) is 16.6 Å². The van der Waals surface area contributed by atoms with Crippen molar-refractivity contribution in [2.45, 2.75) is 6.92 Å². The van der Waals surface area contributed by atoms with Crippen LogP contribution in [0.15, 0.2) is 22.8 Å². The summed E-state index contributed by atoms with van der Waals surface area (Å²) in [5.41, 5.74) is 0.344. The van der Waals surface area contributed by atoms with Gasteiger partial charge in [0.2, 0.25) is 5.13 Å². The first-order chi connectivity index (χ1) is 7.65. The van der Waals surface area contributed by atoms with Crippen LogP contribution in [-0.2, 0) is 0 Å². The predicted molar refractivity (Wildman–Crippen MR) is 64.5 cm³/mol. The van der Waals surface area contributed by atoms with Crippen LogP contribution in [0.3, 0.4) is 0 Å². The number of carbonyl (C=O) groups is 1. The van der Waals surface area contributed by atoms with Crippen molar-refractivity contribution in [1.29, 1.82) is 0 Å². The molecule has 5 nitrogen and oxygen atoms in total. The average molecular weight is 299 g/mol. The minimum atomic E-state index is -0.288. The number of aromatic nitrogens is 3. The molecule has 2 heterocycles. The molecule has 0 radical (unpaired) electrons. The third-order valence-corrected chi connectivity index (χ3v) is 2.90. The van der Waals surface area contributed by atoms with E-state index in [-0.39, 0.29) is 5.91 Å². The summed E-state index contributed by atoms with van der Waals surface area (Å²) >= 11 is 4.40. The number of hydrogen-bond donors (Lipinski definition) is 1. The van der Waals surface area contributed by atoms with Gasteiger partial charge in [-0.1, -0.05) is 0 Å². The summed E-state index contributed by atoms with van der Waals surface area (Å²) in [6, 6.07) is 3.39. The second-order valence-electron chi connectivity index (χ2n) is 2.96. The van der Waals surface area contributed by atoms with Crippen LogP contribution in [0.1, 0.15) is 16.3 Å². The number of hydrogen-bond acceptors (Lipinski definition) is 5. The van der Waals surface area contributed by atoms with Gasteiger partial charge < -0.3 is 0 Å². The Morgan fingerprint density at radius 3 is 2.88 bits per heavy atom. The highest BCUT2D eigenvalue weighted by molar-refractivity contribution is 9.10. The zero-order chi connectivity index (χ0) is 11.5. The van der Waals surface area contributed by atoms with Crippen LogP contribution in [0, 0.1) is 6.92 Å². The Morgan fingerprint density at radius 2 is 2.31 bits per heavy atom. The monoisotopic (exact) mass is 298 g/mol. The number of halogens is 1. The van der Waals surface area contributed by atoms with E-state index in [1.54, 1.807) is 25.3 Å². The van der Waals surface area contributed by atoms with Crippen molar-refractivity contribution in [3.05, 3.63) is 34.3 Å². The van der Waals surface area contributed by atoms with Gasteiger partial charge >= 0.3 is 0 Å². The lowest BCUT2D eigenvalue weighted by atomic mass is 10.3. The fourth-order valence-corrected chi connectivity index (χ4v) is 1.82. The summed E-state index contributed by atoms with van der Waals surface area (Å²) < 4.78 is 4.79. The summed E-state index contributed by atoms with van der Waals surface area (Å²) in [7, 11) is 0. The average Bonchev–Trinajstić information content (AvgIpc) is 2.65. The maximum atomic E-state index is 11.7. The number of rotatable bonds is 2. The van der Waals surface area contributed by atoms with Crippen molar-refractivity contribution in [3.8, 4) is 0 Å². The molecular weight excluding hydrogens is 292 g/mol. The number of anilines is 1. The molecule has 0 unspecified atom stereocenters. The van der Waals surface area contributed by atoms with E-state index in [2.05, 4.69) is 35.6 Å². The standard InChI is InChI=1S/C9H7BrN4OS/c1-5-12-9(16-14-5)13-8(15)7-3-2-6(10)4-11-7/h2-4H,1H3,(H,12,13,14,15). The van der Waals surface area contributed by atoms with E-state index in [0.717, 1.165) is 16.0 Å². The zero-order valence-electron chi connectivity index (χ0n) is 8.27. The van der Waals surface area contributed by atoms with E-state index >= 15 is 0 Å². The highest BCUT2D eigenvalue weighted by Crippen LogP contribution is 2.12. The largest absolute Gasteiger partial charge is 0.295 e. The normalized spacial score (nSPS) is 10.1. The highest BCUT2D eigenvalue weighted by atomic mass is 79.9. The van der Waals surface area contributed by atoms with Gasteiger partial charge in [0, 0.05) is 22.2 Å². The first-order valence-corrected chi connectivity index (χ1v) is 5.95. The second kappa shape index (κ2) is 4.67. The summed E-state index contributed by atoms with van der Waals surface area (Å²) in [4.78, 5) is 19.7. The lowest BCUT2D eigenvalue weighted by Gasteiger charge is -1.99. The maximum absolute atomic E-state index is 11.7. The molecule has 2 aromatic rings. The third kappa shape index (κ3) is 2.61. The van der Waals surface area contributed by atoms with Crippen molar-refractivity contribution in [3.63, 3.8) is 0 Å². The van der Waals surface area contributed by atoms with Crippen molar-refractivity contribution in [1.82, 2.24) is 14.3 Å². The van der Waals surface area contributed by atoms with Gasteiger partial charge in [0.25, 0.3) is 5.91 Å². The van der Waals surface area contributed by atoms with Crippen LogP contribution in [-0.4, -0.2) is 20.2 Å². The predicted octanol–water partition coefficient (Wildman–Crippen LogP) is 2.26. The second-order valence-corrected chi connectivity index (χ2v) is 4.63. The third-order valence-electron chi connectivity index (χ3n) is 1.71. The number of amides is 1. The SMILES string of the molecule is Cc1nsc(NC(=O)c2ccc(Br)cn2)n1. The number of aryl methyl sites for hydroxylation is 1. The Balaban J connectivity index is 2.11. The molecule has 1 N–H and O–H groups in total. The Hall–Kier alpha value is -1.34. The van der Waals surface area contributed by atoms with Crippen molar-refractivity contribution in [2.75, 3.05) is 5.32 Å². The molecule has 1 amide bonds. The van der Waals surface area contributed by atoms with Crippen LogP contribution in [0.25, 0.3) is 0 Å². The Labute approximate surface area is 104 Å². The number of nitrogens with zero attached hydrogens (tertiary/aromatic N) is 3. The van der Waals surface area contributed by atoms with Crippen molar-refractivity contribution < 1.29 is 4.79 Å². The summed E-state index contributed by atoms with van der Waals surface area (Å²) in [6.45, 7) is 1.77. The molecule has 0 aromatic carbocycles. The van der Waals surface area contributed by atoms with Crippen molar-refractivity contribution in [2.24, 2.45) is 0 Å². The lowest BCUT2D eigenvalue weighted by Crippen LogP contribution is -2.13. The Morgan fingerprint density at radius 1 is 1.50 bits per heavy atom. The van der Waals surface area contributed by atoms with Gasteiger partial charge in [0.05, 0.1) is 0 Å². The summed E-state index contributed by atoms with van der Waals surface area (Å²) in [6.07, 6.45) is 1.57. The smallest absolute Gasteiger partial charge is 0.276 e. The fourth-order valence-electron chi connectivity index (χ4n) is 1.02. The molecule has 0 spiro atoms. The van der Waals surface area contributed by atoms with Crippen LogP contribution in [0.5, 0.6) is 0 Å². The van der Waals surface area contributed by atoms with E-state index in [1.807, 2.05) is 0 Å².